The number of nitrogens with zero attached hydrogens (tertiary/aromatic N) is 2. The van der Waals surface area contributed by atoms with E-state index in [1.54, 1.807) is 12.1 Å². The van der Waals surface area contributed by atoms with Crippen molar-refractivity contribution in [2.75, 3.05) is 0 Å². The molecule has 0 aliphatic heterocycles. The van der Waals surface area contributed by atoms with Crippen molar-refractivity contribution >= 4 is 10.8 Å². The minimum atomic E-state index is -4.60. The summed E-state index contributed by atoms with van der Waals surface area (Å²) >= 11 is 0. The highest BCUT2D eigenvalue weighted by Crippen LogP contribution is 2.35. The van der Waals surface area contributed by atoms with Crippen LogP contribution in [0.1, 0.15) is 5.69 Å². The molecule has 27 heavy (non-hydrogen) atoms. The van der Waals surface area contributed by atoms with Crippen LogP contribution in [0.3, 0.4) is 0 Å². The quantitative estimate of drug-likeness (QED) is 0.464. The first-order valence-electron chi connectivity index (χ1n) is 7.82. The number of H-pyrrole nitrogens is 1. The fourth-order valence-corrected chi connectivity index (χ4v) is 2.84. The van der Waals surface area contributed by atoms with Crippen molar-refractivity contribution in [3.05, 3.63) is 71.9 Å². The highest BCUT2D eigenvalue weighted by molar-refractivity contribution is 5.96. The number of fused-ring (bicyclic) bond motifs is 1. The van der Waals surface area contributed by atoms with Gasteiger partial charge in [0.15, 0.2) is 5.82 Å². The van der Waals surface area contributed by atoms with Crippen LogP contribution in [0.4, 0.5) is 22.0 Å². The Morgan fingerprint density at radius 1 is 0.815 bits per heavy atom. The minimum absolute atomic E-state index is 0.0676. The number of halogens is 5. The molecular weight excluding hydrogens is 365 g/mol. The van der Waals surface area contributed by atoms with Crippen molar-refractivity contribution in [2.24, 2.45) is 0 Å². The molecule has 136 valence electrons. The summed E-state index contributed by atoms with van der Waals surface area (Å²) in [4.78, 5) is 4.19. The standard InChI is InChI=1S/C19H10F5N3/c20-11-5-3-4-10(8-11)17-16(21)12-6-1-2-7-13(12)18(25-17)14-9-15(27-26-14)19(22,23)24/h1-9H,(H,26,27). The van der Waals surface area contributed by atoms with Gasteiger partial charge in [-0.2, -0.15) is 18.3 Å². The lowest BCUT2D eigenvalue weighted by molar-refractivity contribution is -0.141. The lowest BCUT2D eigenvalue weighted by atomic mass is 10.0. The van der Waals surface area contributed by atoms with Crippen LogP contribution in [-0.2, 0) is 6.18 Å². The molecule has 2 heterocycles. The number of benzene rings is 2. The molecule has 2 aromatic carbocycles. The summed E-state index contributed by atoms with van der Waals surface area (Å²) in [5, 5.41) is 6.06. The van der Waals surface area contributed by atoms with E-state index in [4.69, 9.17) is 0 Å². The molecule has 4 rings (SSSR count). The molecule has 8 heteroatoms. The van der Waals surface area contributed by atoms with Gasteiger partial charge in [-0.25, -0.2) is 13.8 Å². The summed E-state index contributed by atoms with van der Waals surface area (Å²) in [5.41, 5.74) is -1.06. The number of alkyl halides is 3. The third-order valence-electron chi connectivity index (χ3n) is 4.07. The second kappa shape index (κ2) is 6.15. The van der Waals surface area contributed by atoms with Gasteiger partial charge in [0, 0.05) is 16.3 Å². The van der Waals surface area contributed by atoms with Gasteiger partial charge >= 0.3 is 6.18 Å². The van der Waals surface area contributed by atoms with Crippen molar-refractivity contribution in [3.63, 3.8) is 0 Å². The summed E-state index contributed by atoms with van der Waals surface area (Å²) in [7, 11) is 0. The summed E-state index contributed by atoms with van der Waals surface area (Å²) in [6.45, 7) is 0. The predicted octanol–water partition coefficient (Wildman–Crippen LogP) is 5.59. The van der Waals surface area contributed by atoms with Crippen LogP contribution in [0.25, 0.3) is 33.4 Å². The van der Waals surface area contributed by atoms with Crippen LogP contribution in [0.2, 0.25) is 0 Å². The van der Waals surface area contributed by atoms with E-state index in [1.165, 1.54) is 30.3 Å². The number of hydrogen-bond donors (Lipinski definition) is 1. The minimum Gasteiger partial charge on any atom is -0.273 e. The van der Waals surface area contributed by atoms with Gasteiger partial charge in [-0.1, -0.05) is 36.4 Å². The summed E-state index contributed by atoms with van der Waals surface area (Å²) < 4.78 is 67.2. The maximum absolute atomic E-state index is 15.0. The number of aromatic nitrogens is 3. The summed E-state index contributed by atoms with van der Waals surface area (Å²) in [5.74, 6) is -1.27. The van der Waals surface area contributed by atoms with E-state index in [0.29, 0.717) is 5.39 Å². The topological polar surface area (TPSA) is 41.6 Å². The smallest absolute Gasteiger partial charge is 0.273 e. The molecule has 4 aromatic rings. The van der Waals surface area contributed by atoms with Crippen LogP contribution < -0.4 is 0 Å². The molecule has 0 fully saturated rings. The Morgan fingerprint density at radius 2 is 1.56 bits per heavy atom. The van der Waals surface area contributed by atoms with Gasteiger partial charge in [0.25, 0.3) is 0 Å². The molecule has 0 saturated heterocycles. The molecule has 0 amide bonds. The van der Waals surface area contributed by atoms with E-state index in [2.05, 4.69) is 10.1 Å². The SMILES string of the molecule is Fc1cccc(-c2nc(-c3cc(C(F)(F)F)[nH]n3)c3ccccc3c2F)c1. The molecule has 0 atom stereocenters. The zero-order valence-electron chi connectivity index (χ0n) is 13.5. The number of hydrogen-bond acceptors (Lipinski definition) is 2. The zero-order chi connectivity index (χ0) is 19.2. The normalized spacial score (nSPS) is 11.9. The number of aromatic amines is 1. The monoisotopic (exact) mass is 375 g/mol. The average Bonchev–Trinajstić information content (AvgIpc) is 3.13. The second-order valence-corrected chi connectivity index (χ2v) is 5.84. The van der Waals surface area contributed by atoms with Gasteiger partial charge in [-0.05, 0) is 18.2 Å². The number of rotatable bonds is 2. The van der Waals surface area contributed by atoms with Crippen molar-refractivity contribution < 1.29 is 22.0 Å². The van der Waals surface area contributed by atoms with Gasteiger partial charge in [0.1, 0.15) is 22.9 Å². The third kappa shape index (κ3) is 3.03. The zero-order valence-corrected chi connectivity index (χ0v) is 13.5. The van der Waals surface area contributed by atoms with Gasteiger partial charge < -0.3 is 0 Å². The van der Waals surface area contributed by atoms with E-state index in [9.17, 15) is 22.0 Å². The molecule has 2 aromatic heterocycles. The van der Waals surface area contributed by atoms with Crippen molar-refractivity contribution in [3.8, 4) is 22.6 Å². The first-order valence-corrected chi connectivity index (χ1v) is 7.82. The van der Waals surface area contributed by atoms with Crippen molar-refractivity contribution in [2.45, 2.75) is 6.18 Å². The number of nitrogens with one attached hydrogen (secondary N) is 1. The van der Waals surface area contributed by atoms with Gasteiger partial charge in [0.05, 0.1) is 5.69 Å². The van der Waals surface area contributed by atoms with Gasteiger partial charge in [-0.3, -0.25) is 5.10 Å². The van der Waals surface area contributed by atoms with Crippen LogP contribution >= 0.6 is 0 Å². The lowest BCUT2D eigenvalue weighted by Gasteiger charge is -2.10. The Bertz CT molecular complexity index is 1150. The van der Waals surface area contributed by atoms with Crippen LogP contribution in [0.15, 0.2) is 54.6 Å². The third-order valence-corrected chi connectivity index (χ3v) is 4.07. The molecule has 0 radical (unpaired) electrons. The van der Waals surface area contributed by atoms with Crippen molar-refractivity contribution in [1.82, 2.24) is 15.2 Å². The molecule has 0 spiro atoms. The lowest BCUT2D eigenvalue weighted by Crippen LogP contribution is -2.04. The van der Waals surface area contributed by atoms with Crippen LogP contribution in [-0.4, -0.2) is 15.2 Å². The highest BCUT2D eigenvalue weighted by Gasteiger charge is 2.33. The van der Waals surface area contributed by atoms with Gasteiger partial charge in [-0.15, -0.1) is 0 Å². The molecule has 0 bridgehead atoms. The molecule has 1 N–H and O–H groups in total. The van der Waals surface area contributed by atoms with E-state index < -0.39 is 23.5 Å². The maximum Gasteiger partial charge on any atom is 0.432 e. The molecule has 0 aliphatic rings. The van der Waals surface area contributed by atoms with Crippen LogP contribution in [0, 0.1) is 11.6 Å². The van der Waals surface area contributed by atoms with Crippen LogP contribution in [0.5, 0.6) is 0 Å². The molecular formula is C19H10F5N3. The second-order valence-electron chi connectivity index (χ2n) is 5.84. The average molecular weight is 375 g/mol. The Balaban J connectivity index is 2.00. The molecule has 0 unspecified atom stereocenters. The molecule has 3 nitrogen and oxygen atoms in total. The highest BCUT2D eigenvalue weighted by atomic mass is 19.4. The molecule has 0 aliphatic carbocycles. The molecule has 0 saturated carbocycles. The Kier molecular flexibility index (Phi) is 3.91. The summed E-state index contributed by atoms with van der Waals surface area (Å²) in [6.07, 6.45) is -4.60. The van der Waals surface area contributed by atoms with E-state index >= 15 is 0 Å². The van der Waals surface area contributed by atoms with Gasteiger partial charge in [0.2, 0.25) is 0 Å². The largest absolute Gasteiger partial charge is 0.432 e. The summed E-state index contributed by atoms with van der Waals surface area (Å²) in [6, 6.07) is 12.2. The maximum atomic E-state index is 15.0. The Morgan fingerprint density at radius 3 is 2.22 bits per heavy atom. The van der Waals surface area contributed by atoms with E-state index in [1.807, 2.05) is 5.10 Å². The first-order chi connectivity index (χ1) is 12.8. The Labute approximate surface area is 149 Å². The van der Waals surface area contributed by atoms with E-state index in [-0.39, 0.29) is 28.0 Å². The first kappa shape index (κ1) is 17.1. The fourth-order valence-electron chi connectivity index (χ4n) is 2.84. The van der Waals surface area contributed by atoms with E-state index in [0.717, 1.165) is 12.1 Å². The number of pyridine rings is 1. The Hall–Kier alpha value is -3.29. The van der Waals surface area contributed by atoms with Crippen molar-refractivity contribution in [1.29, 1.82) is 0 Å². The fraction of sp³-hybridized carbons (Fsp3) is 0.0526. The predicted molar refractivity (Wildman–Crippen MR) is 89.7 cm³/mol.